The molecule has 0 saturated carbocycles. The number of benzene rings is 1. The summed E-state index contributed by atoms with van der Waals surface area (Å²) < 4.78 is 18.7. The molecular formula is C16H25FN2O2. The van der Waals surface area contributed by atoms with E-state index in [1.807, 2.05) is 0 Å². The van der Waals surface area contributed by atoms with E-state index in [0.29, 0.717) is 12.5 Å². The lowest BCUT2D eigenvalue weighted by molar-refractivity contribution is 0.0527. The zero-order valence-corrected chi connectivity index (χ0v) is 13.0. The van der Waals surface area contributed by atoms with E-state index in [1.54, 1.807) is 6.92 Å². The van der Waals surface area contributed by atoms with E-state index >= 15 is 0 Å². The third kappa shape index (κ3) is 5.61. The molecule has 0 amide bonds. The van der Waals surface area contributed by atoms with Gasteiger partial charge in [0.2, 0.25) is 0 Å². The summed E-state index contributed by atoms with van der Waals surface area (Å²) in [4.78, 5) is 11.7. The Morgan fingerprint density at radius 2 is 2.10 bits per heavy atom. The molecule has 0 unspecified atom stereocenters. The summed E-state index contributed by atoms with van der Waals surface area (Å²) in [6.45, 7) is 6.99. The fourth-order valence-corrected chi connectivity index (χ4v) is 2.01. The van der Waals surface area contributed by atoms with E-state index in [1.165, 1.54) is 6.07 Å². The van der Waals surface area contributed by atoms with Gasteiger partial charge in [0, 0.05) is 12.2 Å². The maximum absolute atomic E-state index is 13.8. The second kappa shape index (κ2) is 8.49. The number of rotatable bonds is 8. The molecule has 21 heavy (non-hydrogen) atoms. The molecule has 0 aliphatic carbocycles. The van der Waals surface area contributed by atoms with Crippen LogP contribution < -0.4 is 11.1 Å². The molecule has 0 fully saturated rings. The van der Waals surface area contributed by atoms with Crippen LogP contribution >= 0.6 is 0 Å². The highest BCUT2D eigenvalue weighted by molar-refractivity contribution is 5.96. The van der Waals surface area contributed by atoms with Crippen molar-refractivity contribution in [3.63, 3.8) is 0 Å². The van der Waals surface area contributed by atoms with Crippen LogP contribution in [0.2, 0.25) is 0 Å². The van der Waals surface area contributed by atoms with E-state index < -0.39 is 11.8 Å². The number of carbonyl (C=O) groups excluding carboxylic acids is 1. The zero-order valence-electron chi connectivity index (χ0n) is 13.0. The van der Waals surface area contributed by atoms with Crippen LogP contribution in [0.15, 0.2) is 12.1 Å². The standard InChI is InChI=1S/C16H25FN2O2/c1-4-21-16(20)12-9-15(13(17)10-14(12)18)19-8-6-5-7-11(2)3/h9-11,19H,4-8,18H2,1-3H3. The highest BCUT2D eigenvalue weighted by Gasteiger charge is 2.15. The maximum atomic E-state index is 13.8. The van der Waals surface area contributed by atoms with Crippen LogP contribution in [0, 0.1) is 11.7 Å². The van der Waals surface area contributed by atoms with Crippen molar-refractivity contribution in [2.24, 2.45) is 5.92 Å². The predicted octanol–water partition coefficient (Wildman–Crippen LogP) is 3.82. The number of carbonyl (C=O) groups is 1. The first-order chi connectivity index (χ1) is 9.95. The highest BCUT2D eigenvalue weighted by atomic mass is 19.1. The topological polar surface area (TPSA) is 64.3 Å². The first-order valence-corrected chi connectivity index (χ1v) is 7.45. The molecule has 0 atom stereocenters. The van der Waals surface area contributed by atoms with Crippen molar-refractivity contribution >= 4 is 17.3 Å². The van der Waals surface area contributed by atoms with E-state index in [-0.39, 0.29) is 23.5 Å². The first-order valence-electron chi connectivity index (χ1n) is 7.45. The Kier molecular flexibility index (Phi) is 6.99. The lowest BCUT2D eigenvalue weighted by Gasteiger charge is -2.12. The molecule has 0 heterocycles. The molecule has 0 aliphatic heterocycles. The Bertz CT molecular complexity index is 476. The minimum Gasteiger partial charge on any atom is -0.462 e. The molecule has 0 aliphatic rings. The van der Waals surface area contributed by atoms with Crippen molar-refractivity contribution in [2.75, 3.05) is 24.2 Å². The number of nitrogens with two attached hydrogens (primary N) is 1. The number of nitrogens with one attached hydrogen (secondary N) is 1. The second-order valence-corrected chi connectivity index (χ2v) is 5.46. The van der Waals surface area contributed by atoms with Gasteiger partial charge in [-0.15, -0.1) is 0 Å². The molecule has 0 spiro atoms. The zero-order chi connectivity index (χ0) is 15.8. The van der Waals surface area contributed by atoms with Crippen molar-refractivity contribution in [3.8, 4) is 0 Å². The summed E-state index contributed by atoms with van der Waals surface area (Å²) in [5.41, 5.74) is 6.24. The summed E-state index contributed by atoms with van der Waals surface area (Å²) in [5, 5.41) is 3.01. The van der Waals surface area contributed by atoms with Gasteiger partial charge >= 0.3 is 5.97 Å². The summed E-state index contributed by atoms with van der Waals surface area (Å²) in [7, 11) is 0. The molecule has 0 aromatic heterocycles. The van der Waals surface area contributed by atoms with Crippen molar-refractivity contribution in [3.05, 3.63) is 23.5 Å². The average molecular weight is 296 g/mol. The first kappa shape index (κ1) is 17.3. The summed E-state index contributed by atoms with van der Waals surface area (Å²) in [6.07, 6.45) is 3.20. The van der Waals surface area contributed by atoms with Crippen LogP contribution in [-0.4, -0.2) is 19.1 Å². The molecule has 1 aromatic rings. The van der Waals surface area contributed by atoms with Crippen LogP contribution in [-0.2, 0) is 4.74 Å². The van der Waals surface area contributed by atoms with Gasteiger partial charge in [0.05, 0.1) is 17.9 Å². The van der Waals surface area contributed by atoms with Gasteiger partial charge < -0.3 is 15.8 Å². The van der Waals surface area contributed by atoms with Gasteiger partial charge in [-0.3, -0.25) is 0 Å². The van der Waals surface area contributed by atoms with Crippen molar-refractivity contribution < 1.29 is 13.9 Å². The van der Waals surface area contributed by atoms with Crippen LogP contribution in [0.1, 0.15) is 50.4 Å². The number of halogens is 1. The van der Waals surface area contributed by atoms with Gasteiger partial charge in [-0.1, -0.05) is 26.7 Å². The third-order valence-electron chi connectivity index (χ3n) is 3.16. The number of ether oxygens (including phenoxy) is 1. The molecular weight excluding hydrogens is 271 g/mol. The SMILES string of the molecule is CCOC(=O)c1cc(NCCCCC(C)C)c(F)cc1N. The van der Waals surface area contributed by atoms with E-state index in [4.69, 9.17) is 10.5 Å². The molecule has 0 bridgehead atoms. The van der Waals surface area contributed by atoms with Crippen LogP contribution in [0.5, 0.6) is 0 Å². The minimum atomic E-state index is -0.530. The quantitative estimate of drug-likeness (QED) is 0.435. The third-order valence-corrected chi connectivity index (χ3v) is 3.16. The number of hydrogen-bond acceptors (Lipinski definition) is 4. The molecule has 1 aromatic carbocycles. The largest absolute Gasteiger partial charge is 0.462 e. The van der Waals surface area contributed by atoms with Gasteiger partial charge in [-0.05, 0) is 31.4 Å². The lowest BCUT2D eigenvalue weighted by atomic mass is 10.1. The Morgan fingerprint density at radius 3 is 2.71 bits per heavy atom. The molecule has 0 saturated heterocycles. The molecule has 0 radical (unpaired) electrons. The summed E-state index contributed by atoms with van der Waals surface area (Å²) in [5.74, 6) is -0.309. The highest BCUT2D eigenvalue weighted by Crippen LogP contribution is 2.23. The molecule has 118 valence electrons. The molecule has 4 nitrogen and oxygen atoms in total. The normalized spacial score (nSPS) is 10.7. The number of nitrogen functional groups attached to an aromatic ring is 1. The van der Waals surface area contributed by atoms with Gasteiger partial charge in [-0.2, -0.15) is 0 Å². The Hall–Kier alpha value is -1.78. The van der Waals surface area contributed by atoms with Crippen molar-refractivity contribution in [1.82, 2.24) is 0 Å². The number of anilines is 2. The van der Waals surface area contributed by atoms with E-state index in [9.17, 15) is 9.18 Å². The smallest absolute Gasteiger partial charge is 0.340 e. The monoisotopic (exact) mass is 296 g/mol. The van der Waals surface area contributed by atoms with E-state index in [0.717, 1.165) is 25.3 Å². The van der Waals surface area contributed by atoms with Gasteiger partial charge in [0.25, 0.3) is 0 Å². The lowest BCUT2D eigenvalue weighted by Crippen LogP contribution is -2.11. The Balaban J connectivity index is 2.65. The van der Waals surface area contributed by atoms with Crippen LogP contribution in [0.4, 0.5) is 15.8 Å². The Morgan fingerprint density at radius 1 is 1.38 bits per heavy atom. The fourth-order valence-electron chi connectivity index (χ4n) is 2.01. The summed E-state index contributed by atoms with van der Waals surface area (Å²) >= 11 is 0. The fraction of sp³-hybridized carbons (Fsp3) is 0.562. The number of unbranched alkanes of at least 4 members (excludes halogenated alkanes) is 1. The molecule has 3 N–H and O–H groups in total. The molecule has 1 rings (SSSR count). The predicted molar refractivity (Wildman–Crippen MR) is 83.9 cm³/mol. The van der Waals surface area contributed by atoms with Gasteiger partial charge in [0.15, 0.2) is 0 Å². The van der Waals surface area contributed by atoms with Crippen molar-refractivity contribution in [2.45, 2.75) is 40.0 Å². The molecule has 5 heteroatoms. The van der Waals surface area contributed by atoms with Gasteiger partial charge in [-0.25, -0.2) is 9.18 Å². The van der Waals surface area contributed by atoms with Crippen molar-refractivity contribution in [1.29, 1.82) is 0 Å². The van der Waals surface area contributed by atoms with Crippen LogP contribution in [0.3, 0.4) is 0 Å². The van der Waals surface area contributed by atoms with Gasteiger partial charge in [0.1, 0.15) is 5.82 Å². The van der Waals surface area contributed by atoms with E-state index in [2.05, 4.69) is 19.2 Å². The number of esters is 1. The Labute approximate surface area is 125 Å². The summed E-state index contributed by atoms with van der Waals surface area (Å²) in [6, 6.07) is 2.58. The maximum Gasteiger partial charge on any atom is 0.340 e. The van der Waals surface area contributed by atoms with Crippen LogP contribution in [0.25, 0.3) is 0 Å². The minimum absolute atomic E-state index is 0.0938. The number of hydrogen-bond donors (Lipinski definition) is 2. The second-order valence-electron chi connectivity index (χ2n) is 5.46. The average Bonchev–Trinajstić information content (AvgIpc) is 2.40.